The molecular weight excluding hydrogens is 487 g/mol. The molecule has 37 heavy (non-hydrogen) atoms. The second kappa shape index (κ2) is 18.6. The van der Waals surface area contributed by atoms with E-state index in [1.54, 1.807) is 0 Å². The van der Waals surface area contributed by atoms with Crippen LogP contribution in [0.1, 0.15) is 93.7 Å². The van der Waals surface area contributed by atoms with Crippen LogP contribution < -0.4 is 0 Å². The van der Waals surface area contributed by atoms with Gasteiger partial charge in [0.25, 0.3) is 0 Å². The Balaban J connectivity index is 1.52. The van der Waals surface area contributed by atoms with Gasteiger partial charge in [-0.15, -0.1) is 11.2 Å². The number of hydrogen-bond donors (Lipinski definition) is 0. The Kier molecular flexibility index (Phi) is 15.0. The second-order valence-corrected chi connectivity index (χ2v) is 12.6. The van der Waals surface area contributed by atoms with Crippen molar-refractivity contribution in [2.45, 2.75) is 96.3 Å². The summed E-state index contributed by atoms with van der Waals surface area (Å²) in [6.07, 6.45) is 21.1. The average Bonchev–Trinajstić information content (AvgIpc) is 2.93. The molecule has 0 radical (unpaired) electrons. The van der Waals surface area contributed by atoms with E-state index in [1.807, 2.05) is 0 Å². The predicted molar refractivity (Wildman–Crippen MR) is 167 cm³/mol. The number of rotatable bonds is 20. The summed E-state index contributed by atoms with van der Waals surface area (Å²) < 4.78 is 0. The lowest BCUT2D eigenvalue weighted by Gasteiger charge is -2.35. The number of benzene rings is 3. The highest BCUT2D eigenvalue weighted by atomic mass is 35.7. The largest absolute Gasteiger partial charge is 0.100 e. The molecule has 0 N–H and O–H groups in total. The van der Waals surface area contributed by atoms with Gasteiger partial charge in [-0.25, -0.2) is 0 Å². The minimum Gasteiger partial charge on any atom is -0.100 e. The lowest BCUT2D eigenvalue weighted by molar-refractivity contribution is 0.243. The van der Waals surface area contributed by atoms with Crippen LogP contribution in [0, 0.1) is 5.41 Å². The van der Waals surface area contributed by atoms with Gasteiger partial charge >= 0.3 is 0 Å². The molecule has 3 aromatic rings. The molecule has 0 fully saturated rings. The maximum Gasteiger partial charge on any atom is -0.0176 e. The van der Waals surface area contributed by atoms with Gasteiger partial charge in [-0.1, -0.05) is 155 Å². The number of hydrogen-bond acceptors (Lipinski definition) is 0. The minimum atomic E-state index is 0.244. The molecular formula is C35H48ClP. The highest BCUT2D eigenvalue weighted by Gasteiger charge is 2.30. The fourth-order valence-corrected chi connectivity index (χ4v) is 6.61. The van der Waals surface area contributed by atoms with E-state index in [4.69, 9.17) is 11.2 Å². The zero-order valence-corrected chi connectivity index (χ0v) is 24.6. The first kappa shape index (κ1) is 29.9. The molecule has 200 valence electrons. The van der Waals surface area contributed by atoms with Gasteiger partial charge < -0.3 is 0 Å². The van der Waals surface area contributed by atoms with Crippen LogP contribution in [0.2, 0.25) is 0 Å². The Morgan fingerprint density at radius 3 is 1.11 bits per heavy atom. The van der Waals surface area contributed by atoms with Crippen molar-refractivity contribution in [3.63, 3.8) is 0 Å². The van der Waals surface area contributed by atoms with Crippen molar-refractivity contribution in [1.82, 2.24) is 0 Å². The summed E-state index contributed by atoms with van der Waals surface area (Å²) in [5.41, 5.74) is 4.65. The molecule has 0 saturated heterocycles. The molecule has 3 rings (SSSR count). The Hall–Kier alpha value is -1.62. The van der Waals surface area contributed by atoms with Crippen LogP contribution in [0.25, 0.3) is 0 Å². The van der Waals surface area contributed by atoms with Crippen molar-refractivity contribution in [3.8, 4) is 0 Å². The lowest BCUT2D eigenvalue weighted by Crippen LogP contribution is -2.30. The molecule has 0 nitrogen and oxygen atoms in total. The van der Waals surface area contributed by atoms with E-state index in [2.05, 4.69) is 91.0 Å². The Morgan fingerprint density at radius 2 is 0.757 bits per heavy atom. The van der Waals surface area contributed by atoms with E-state index in [9.17, 15) is 0 Å². The number of unbranched alkanes of at least 4 members (excludes halogenated alkanes) is 10. The van der Waals surface area contributed by atoms with Gasteiger partial charge in [0.05, 0.1) is 0 Å². The van der Waals surface area contributed by atoms with Crippen molar-refractivity contribution < 1.29 is 0 Å². The van der Waals surface area contributed by atoms with E-state index >= 15 is 0 Å². The molecule has 0 spiro atoms. The molecule has 1 unspecified atom stereocenters. The van der Waals surface area contributed by atoms with E-state index < -0.39 is 0 Å². The quantitative estimate of drug-likeness (QED) is 0.0998. The Morgan fingerprint density at radius 1 is 0.432 bits per heavy atom. The highest BCUT2D eigenvalue weighted by molar-refractivity contribution is 7.68. The molecule has 2 heteroatoms. The van der Waals surface area contributed by atoms with E-state index in [1.165, 1.54) is 99.9 Å². The average molecular weight is 535 g/mol. The van der Waals surface area contributed by atoms with Crippen LogP contribution in [-0.4, -0.2) is 6.16 Å². The fourth-order valence-electron chi connectivity index (χ4n) is 5.82. The summed E-state index contributed by atoms with van der Waals surface area (Å²) in [7, 11) is 0.615. The van der Waals surface area contributed by atoms with E-state index in [0.717, 1.165) is 19.3 Å². The van der Waals surface area contributed by atoms with Crippen LogP contribution >= 0.6 is 19.2 Å². The molecule has 1 atom stereocenters. The molecule has 0 heterocycles. The highest BCUT2D eigenvalue weighted by Crippen LogP contribution is 2.37. The third-order valence-corrected chi connectivity index (χ3v) is 8.85. The normalized spacial score (nSPS) is 11.9. The van der Waals surface area contributed by atoms with Gasteiger partial charge in [-0.05, 0) is 68.3 Å². The van der Waals surface area contributed by atoms with Gasteiger partial charge in [0.1, 0.15) is 0 Å². The van der Waals surface area contributed by atoms with Crippen molar-refractivity contribution in [2.75, 3.05) is 6.16 Å². The summed E-state index contributed by atoms with van der Waals surface area (Å²) in [5, 5.41) is 0. The van der Waals surface area contributed by atoms with E-state index in [0.29, 0.717) is 7.93 Å². The molecule has 0 saturated carbocycles. The SMILES string of the molecule is ClPCCCCCCCCCCCCCC(Cc1ccccc1)(Cc1ccccc1)Cc1ccccc1. The van der Waals surface area contributed by atoms with Crippen molar-refractivity contribution in [1.29, 1.82) is 0 Å². The fraction of sp³-hybridized carbons (Fsp3) is 0.486. The zero-order chi connectivity index (χ0) is 25.9. The van der Waals surface area contributed by atoms with E-state index in [-0.39, 0.29) is 5.41 Å². The predicted octanol–water partition coefficient (Wildman–Crippen LogP) is 11.2. The van der Waals surface area contributed by atoms with Gasteiger partial charge in [-0.2, -0.15) is 0 Å². The molecule has 0 bridgehead atoms. The molecule has 0 amide bonds. The maximum absolute atomic E-state index is 5.80. The monoisotopic (exact) mass is 534 g/mol. The Labute approximate surface area is 234 Å². The van der Waals surface area contributed by atoms with Gasteiger partial charge in [-0.3, -0.25) is 0 Å². The Bertz CT molecular complexity index is 824. The van der Waals surface area contributed by atoms with Gasteiger partial charge in [0.2, 0.25) is 0 Å². The second-order valence-electron chi connectivity index (χ2n) is 11.0. The first-order valence-electron chi connectivity index (χ1n) is 14.7. The number of halogens is 1. The molecule has 0 aromatic heterocycles. The summed E-state index contributed by atoms with van der Waals surface area (Å²) in [6.45, 7) is 0. The zero-order valence-electron chi connectivity index (χ0n) is 22.9. The summed E-state index contributed by atoms with van der Waals surface area (Å²) in [5.74, 6) is 0. The molecule has 3 aromatic carbocycles. The standard InChI is InChI=1S/C35H48ClP/c36-37-28-20-9-7-5-3-1-2-4-6-8-19-27-35(29-32-21-13-10-14-22-32,30-33-23-15-11-16-24-33)31-34-25-17-12-18-26-34/h10-18,21-26,37H,1-9,19-20,27-31H2. The maximum atomic E-state index is 5.80. The van der Waals surface area contributed by atoms with Gasteiger partial charge in [0, 0.05) is 0 Å². The molecule has 0 aliphatic carbocycles. The first-order chi connectivity index (χ1) is 18.3. The van der Waals surface area contributed by atoms with Crippen LogP contribution in [0.5, 0.6) is 0 Å². The van der Waals surface area contributed by atoms with Crippen LogP contribution in [0.4, 0.5) is 0 Å². The third-order valence-electron chi connectivity index (χ3n) is 7.74. The topological polar surface area (TPSA) is 0 Å². The minimum absolute atomic E-state index is 0.244. The summed E-state index contributed by atoms with van der Waals surface area (Å²) in [4.78, 5) is 0. The first-order valence-corrected chi connectivity index (χ1v) is 17.0. The molecule has 0 aliphatic rings. The summed E-state index contributed by atoms with van der Waals surface area (Å²) in [6, 6.07) is 33.6. The van der Waals surface area contributed by atoms with Crippen LogP contribution in [0.3, 0.4) is 0 Å². The smallest absolute Gasteiger partial charge is 0.0176 e. The van der Waals surface area contributed by atoms with Crippen molar-refractivity contribution in [3.05, 3.63) is 108 Å². The van der Waals surface area contributed by atoms with Crippen molar-refractivity contribution in [2.24, 2.45) is 5.41 Å². The summed E-state index contributed by atoms with van der Waals surface area (Å²) >= 11 is 5.80. The van der Waals surface area contributed by atoms with Crippen LogP contribution in [-0.2, 0) is 19.3 Å². The molecule has 0 aliphatic heterocycles. The van der Waals surface area contributed by atoms with Gasteiger partial charge in [0.15, 0.2) is 0 Å². The third kappa shape index (κ3) is 12.7. The van der Waals surface area contributed by atoms with Crippen molar-refractivity contribution >= 4 is 19.2 Å². The lowest BCUT2D eigenvalue weighted by atomic mass is 9.69. The van der Waals surface area contributed by atoms with Crippen LogP contribution in [0.15, 0.2) is 91.0 Å².